The van der Waals surface area contributed by atoms with Crippen LogP contribution in [-0.2, 0) is 5.41 Å². The van der Waals surface area contributed by atoms with Crippen LogP contribution in [-0.4, -0.2) is 0 Å². The van der Waals surface area contributed by atoms with Crippen molar-refractivity contribution in [2.45, 2.75) is 76.0 Å². The lowest BCUT2D eigenvalue weighted by Gasteiger charge is -2.77. The molecule has 238 valence electrons. The third-order valence-corrected chi connectivity index (χ3v) is 14.5. The van der Waals surface area contributed by atoms with E-state index < -0.39 is 0 Å². The van der Waals surface area contributed by atoms with Crippen LogP contribution in [0.1, 0.15) is 104 Å². The molecule has 0 saturated heterocycles. The average molecular weight is 623 g/mol. The van der Waals surface area contributed by atoms with Gasteiger partial charge in [0.2, 0.25) is 0 Å². The van der Waals surface area contributed by atoms with Crippen LogP contribution in [0.5, 0.6) is 0 Å². The van der Waals surface area contributed by atoms with Gasteiger partial charge in [-0.15, -0.1) is 0 Å². The van der Waals surface area contributed by atoms with Crippen LogP contribution in [0.2, 0.25) is 0 Å². The van der Waals surface area contributed by atoms with Crippen molar-refractivity contribution in [2.75, 3.05) is 0 Å². The first-order valence-electron chi connectivity index (χ1n) is 19.0. The number of hydrogen-bond donors (Lipinski definition) is 0. The highest BCUT2D eigenvalue weighted by Gasteiger charge is 2.75. The van der Waals surface area contributed by atoms with Gasteiger partial charge in [-0.05, 0) is 164 Å². The Bertz CT molecular complexity index is 1820. The average Bonchev–Trinajstić information content (AvgIpc) is 3.11. The van der Waals surface area contributed by atoms with Crippen LogP contribution in [0.3, 0.4) is 0 Å². The molecule has 0 heteroatoms. The second-order valence-corrected chi connectivity index (χ2v) is 17.0. The van der Waals surface area contributed by atoms with E-state index in [1.165, 1.54) is 92.9 Å². The lowest BCUT2D eigenvalue weighted by atomic mass is 9.27. The van der Waals surface area contributed by atoms with Crippen LogP contribution >= 0.6 is 0 Å². The molecule has 8 bridgehead atoms. The minimum absolute atomic E-state index is 0.101. The highest BCUT2D eigenvalue weighted by Crippen LogP contribution is 2.81. The summed E-state index contributed by atoms with van der Waals surface area (Å²) < 4.78 is 0. The lowest BCUT2D eigenvalue weighted by Crippen LogP contribution is -2.71. The molecule has 8 fully saturated rings. The maximum Gasteiger partial charge on any atom is 0.0317 e. The van der Waals surface area contributed by atoms with E-state index in [0.717, 1.165) is 40.7 Å². The molecule has 0 spiro atoms. The van der Waals surface area contributed by atoms with Crippen LogP contribution in [0.25, 0.3) is 0 Å². The fourth-order valence-corrected chi connectivity index (χ4v) is 13.9. The van der Waals surface area contributed by atoms with Crippen molar-refractivity contribution in [2.24, 2.45) is 46.3 Å². The smallest absolute Gasteiger partial charge is 0.0317 e. The quantitative estimate of drug-likeness (QED) is 0.199. The molecule has 0 N–H and O–H groups in total. The Labute approximate surface area is 287 Å². The Kier molecular flexibility index (Phi) is 6.64. The van der Waals surface area contributed by atoms with Gasteiger partial charge in [0, 0.05) is 27.7 Å². The molecule has 0 heterocycles. The maximum atomic E-state index is 3.82. The van der Waals surface area contributed by atoms with Crippen molar-refractivity contribution in [3.63, 3.8) is 0 Å². The van der Waals surface area contributed by atoms with E-state index in [4.69, 9.17) is 0 Å². The zero-order valence-electron chi connectivity index (χ0n) is 28.1. The Morgan fingerprint density at radius 2 is 0.792 bits per heavy atom. The molecule has 4 aromatic carbocycles. The lowest BCUT2D eigenvalue weighted by molar-refractivity contribution is -0.234. The van der Waals surface area contributed by atoms with Gasteiger partial charge in [-0.3, -0.25) is 0 Å². The SMILES string of the molecule is C(#Cc1ccccc1C1(c2ccccc2C#Cc2ccccc2)C2CC3CC(C2)CC1(C12CC4CC(CC(C4)C1)C2)C3)c1ccccc1. The summed E-state index contributed by atoms with van der Waals surface area (Å²) >= 11 is 0. The van der Waals surface area contributed by atoms with Crippen molar-refractivity contribution in [3.8, 4) is 23.7 Å². The van der Waals surface area contributed by atoms with Gasteiger partial charge in [-0.25, -0.2) is 0 Å². The first-order chi connectivity index (χ1) is 23.6. The molecule has 12 rings (SSSR count). The second-order valence-electron chi connectivity index (χ2n) is 17.0. The molecule has 0 nitrogen and oxygen atoms in total. The zero-order valence-corrected chi connectivity index (χ0v) is 28.1. The van der Waals surface area contributed by atoms with Crippen molar-refractivity contribution in [1.29, 1.82) is 0 Å². The van der Waals surface area contributed by atoms with Crippen LogP contribution < -0.4 is 0 Å². The molecule has 2 atom stereocenters. The third kappa shape index (κ3) is 4.24. The Balaban J connectivity index is 1.26. The van der Waals surface area contributed by atoms with E-state index in [1.54, 1.807) is 0 Å². The van der Waals surface area contributed by atoms with Gasteiger partial charge >= 0.3 is 0 Å². The number of rotatable bonds is 3. The van der Waals surface area contributed by atoms with E-state index in [-0.39, 0.29) is 10.8 Å². The zero-order chi connectivity index (χ0) is 31.8. The molecule has 2 unspecified atom stereocenters. The minimum atomic E-state index is -0.101. The predicted octanol–water partition coefficient (Wildman–Crippen LogP) is 10.8. The predicted molar refractivity (Wildman–Crippen MR) is 195 cm³/mol. The van der Waals surface area contributed by atoms with E-state index in [0.29, 0.717) is 11.3 Å². The van der Waals surface area contributed by atoms with E-state index >= 15 is 0 Å². The van der Waals surface area contributed by atoms with Crippen molar-refractivity contribution in [3.05, 3.63) is 143 Å². The Morgan fingerprint density at radius 1 is 0.396 bits per heavy atom. The molecule has 48 heavy (non-hydrogen) atoms. The molecular weight excluding hydrogens is 577 g/mol. The summed E-state index contributed by atoms with van der Waals surface area (Å²) in [6.45, 7) is 0. The minimum Gasteiger partial charge on any atom is -0.0622 e. The molecule has 0 aromatic heterocycles. The number of hydrogen-bond acceptors (Lipinski definition) is 0. The van der Waals surface area contributed by atoms with E-state index in [2.05, 4.69) is 133 Å². The largest absolute Gasteiger partial charge is 0.0622 e. The normalized spacial score (nSPS) is 34.6. The second kappa shape index (κ2) is 11.0. The van der Waals surface area contributed by atoms with Gasteiger partial charge in [-0.2, -0.15) is 0 Å². The van der Waals surface area contributed by atoms with Gasteiger partial charge in [0.05, 0.1) is 0 Å². The molecule has 8 aliphatic rings. The molecule has 0 radical (unpaired) electrons. The summed E-state index contributed by atoms with van der Waals surface area (Å²) in [7, 11) is 0. The summed E-state index contributed by atoms with van der Waals surface area (Å²) in [5, 5.41) is 0. The van der Waals surface area contributed by atoms with Crippen LogP contribution in [0, 0.1) is 70.0 Å². The highest BCUT2D eigenvalue weighted by atomic mass is 14.8. The van der Waals surface area contributed by atoms with Crippen molar-refractivity contribution < 1.29 is 0 Å². The van der Waals surface area contributed by atoms with E-state index in [1.807, 2.05) is 0 Å². The number of benzene rings is 4. The molecule has 8 saturated carbocycles. The maximum absolute atomic E-state index is 3.82. The summed E-state index contributed by atoms with van der Waals surface area (Å²) in [5.41, 5.74) is 8.25. The highest BCUT2D eigenvalue weighted by molar-refractivity contribution is 5.61. The van der Waals surface area contributed by atoms with Gasteiger partial charge in [0.15, 0.2) is 0 Å². The third-order valence-electron chi connectivity index (χ3n) is 14.5. The summed E-state index contributed by atoms with van der Waals surface area (Å²) in [6, 6.07) is 40.1. The van der Waals surface area contributed by atoms with Crippen LogP contribution in [0.4, 0.5) is 0 Å². The van der Waals surface area contributed by atoms with Crippen molar-refractivity contribution >= 4 is 0 Å². The van der Waals surface area contributed by atoms with Crippen LogP contribution in [0.15, 0.2) is 109 Å². The fraction of sp³-hybridized carbons (Fsp3) is 0.417. The fourth-order valence-electron chi connectivity index (χ4n) is 13.9. The standard InChI is InChI=1S/C48H46/c1-3-11-34(12-4-1)19-21-41-15-7-9-17-44(41)48(45-18-10-8-16-42(45)22-20-35-13-5-2-6-14-35)43-27-39-26-40(28-43)33-47(48,32-39)46-29-36-23-37(30-46)25-38(24-36)31-46/h1-18,36-40,43H,23-33H2. The van der Waals surface area contributed by atoms with Gasteiger partial charge in [-0.1, -0.05) is 96.5 Å². The van der Waals surface area contributed by atoms with Crippen molar-refractivity contribution in [1.82, 2.24) is 0 Å². The van der Waals surface area contributed by atoms with Gasteiger partial charge in [0.1, 0.15) is 0 Å². The molecule has 0 aliphatic heterocycles. The molecule has 4 aromatic rings. The Morgan fingerprint density at radius 3 is 1.25 bits per heavy atom. The molecule has 0 amide bonds. The summed E-state index contributed by atoms with van der Waals surface area (Å²) in [4.78, 5) is 0. The monoisotopic (exact) mass is 622 g/mol. The Hall–Kier alpha value is -4.00. The molecule has 8 aliphatic carbocycles. The van der Waals surface area contributed by atoms with Gasteiger partial charge < -0.3 is 0 Å². The molecular formula is C48H46. The summed E-state index contributed by atoms with van der Waals surface area (Å²) in [6.07, 6.45) is 15.8. The van der Waals surface area contributed by atoms with E-state index in [9.17, 15) is 0 Å². The van der Waals surface area contributed by atoms with Gasteiger partial charge in [0.25, 0.3) is 0 Å². The summed E-state index contributed by atoms with van der Waals surface area (Å²) in [5.74, 6) is 20.0. The first kappa shape index (κ1) is 29.0. The topological polar surface area (TPSA) is 0 Å². The first-order valence-corrected chi connectivity index (χ1v) is 19.0.